The number of carbonyl (C=O) groups excluding carboxylic acids is 1. The van der Waals surface area contributed by atoms with Gasteiger partial charge < -0.3 is 19.5 Å². The van der Waals surface area contributed by atoms with Gasteiger partial charge in [-0.2, -0.15) is 0 Å². The zero-order chi connectivity index (χ0) is 20.2. The third-order valence-electron chi connectivity index (χ3n) is 4.67. The second-order valence-corrected chi connectivity index (χ2v) is 9.00. The summed E-state index contributed by atoms with van der Waals surface area (Å²) in [6.45, 7) is 12.7. The summed E-state index contributed by atoms with van der Waals surface area (Å²) >= 11 is 0. The summed E-state index contributed by atoms with van der Waals surface area (Å²) in [5.41, 5.74) is 1.08. The minimum Gasteiger partial charge on any atom is -0.483 e. The third-order valence-corrected chi connectivity index (χ3v) is 4.67. The van der Waals surface area contributed by atoms with Gasteiger partial charge in [0.05, 0.1) is 6.42 Å². The second-order valence-electron chi connectivity index (χ2n) is 9.00. The van der Waals surface area contributed by atoms with Crippen LogP contribution >= 0.6 is 0 Å². The Morgan fingerprint density at radius 2 is 2.00 bits per heavy atom. The Bertz CT molecular complexity index is 648. The standard InChI is InChI=1S/C22H35NO4/c1-8-9-12-25-19-16-13-15(23-7)10-11-17(16)27-22(5,6)20(19)26-18(24)14-21(2,3)4/h10-11,13,19-20,23H,8-9,12,14H2,1-7H3. The molecule has 1 N–H and O–H groups in total. The average molecular weight is 378 g/mol. The van der Waals surface area contributed by atoms with Crippen LogP contribution in [-0.2, 0) is 14.3 Å². The number of benzene rings is 1. The van der Waals surface area contributed by atoms with Crippen LogP contribution in [0.5, 0.6) is 5.75 Å². The Morgan fingerprint density at radius 3 is 2.59 bits per heavy atom. The molecule has 0 bridgehead atoms. The molecule has 2 unspecified atom stereocenters. The average Bonchev–Trinajstić information content (AvgIpc) is 2.55. The third kappa shape index (κ3) is 5.61. The van der Waals surface area contributed by atoms with Gasteiger partial charge in [-0.25, -0.2) is 0 Å². The van der Waals surface area contributed by atoms with E-state index in [1.807, 2.05) is 59.9 Å². The fourth-order valence-electron chi connectivity index (χ4n) is 3.24. The van der Waals surface area contributed by atoms with E-state index in [0.29, 0.717) is 13.0 Å². The van der Waals surface area contributed by atoms with Gasteiger partial charge in [0, 0.05) is 24.9 Å². The van der Waals surface area contributed by atoms with Crippen molar-refractivity contribution in [1.82, 2.24) is 0 Å². The van der Waals surface area contributed by atoms with Crippen molar-refractivity contribution >= 4 is 11.7 Å². The molecular formula is C22H35NO4. The van der Waals surface area contributed by atoms with Crippen molar-refractivity contribution < 1.29 is 19.0 Å². The maximum Gasteiger partial charge on any atom is 0.306 e. The van der Waals surface area contributed by atoms with Gasteiger partial charge in [0.25, 0.3) is 0 Å². The summed E-state index contributed by atoms with van der Waals surface area (Å²) in [5, 5.41) is 3.15. The number of fused-ring (bicyclic) bond motifs is 1. The van der Waals surface area contributed by atoms with Crippen molar-refractivity contribution in [1.29, 1.82) is 0 Å². The van der Waals surface area contributed by atoms with Gasteiger partial charge in [-0.05, 0) is 43.9 Å². The van der Waals surface area contributed by atoms with E-state index in [1.165, 1.54) is 0 Å². The molecule has 2 rings (SSSR count). The van der Waals surface area contributed by atoms with Crippen LogP contribution < -0.4 is 10.1 Å². The largest absolute Gasteiger partial charge is 0.483 e. The van der Waals surface area contributed by atoms with Gasteiger partial charge in [-0.1, -0.05) is 34.1 Å². The second kappa shape index (κ2) is 8.51. The molecule has 1 aromatic carbocycles. The molecule has 0 saturated heterocycles. The fourth-order valence-corrected chi connectivity index (χ4v) is 3.24. The molecule has 0 fully saturated rings. The first-order chi connectivity index (χ1) is 12.6. The van der Waals surface area contributed by atoms with Crippen LogP contribution in [0.2, 0.25) is 0 Å². The molecule has 5 nitrogen and oxygen atoms in total. The Kier molecular flexibility index (Phi) is 6.79. The molecule has 1 aliphatic rings. The van der Waals surface area contributed by atoms with E-state index in [2.05, 4.69) is 12.2 Å². The summed E-state index contributed by atoms with van der Waals surface area (Å²) in [6.07, 6.45) is 1.49. The zero-order valence-corrected chi connectivity index (χ0v) is 17.8. The van der Waals surface area contributed by atoms with E-state index in [4.69, 9.17) is 14.2 Å². The molecule has 1 aliphatic heterocycles. The molecule has 0 spiro atoms. The Labute approximate surface area is 163 Å². The predicted molar refractivity (Wildman–Crippen MR) is 108 cm³/mol. The molecule has 1 heterocycles. The maximum absolute atomic E-state index is 12.6. The molecule has 0 amide bonds. The minimum atomic E-state index is -0.682. The smallest absolute Gasteiger partial charge is 0.306 e. The Balaban J connectivity index is 2.35. The first kappa shape index (κ1) is 21.5. The highest BCUT2D eigenvalue weighted by atomic mass is 16.6. The molecule has 0 aliphatic carbocycles. The molecule has 0 aromatic heterocycles. The number of unbranched alkanes of at least 4 members (excludes halogenated alkanes) is 1. The number of hydrogen-bond donors (Lipinski definition) is 1. The highest BCUT2D eigenvalue weighted by Crippen LogP contribution is 2.44. The fraction of sp³-hybridized carbons (Fsp3) is 0.682. The van der Waals surface area contributed by atoms with Crippen molar-refractivity contribution in [3.63, 3.8) is 0 Å². The van der Waals surface area contributed by atoms with Gasteiger partial charge >= 0.3 is 5.97 Å². The number of anilines is 1. The highest BCUT2D eigenvalue weighted by Gasteiger charge is 2.47. The lowest BCUT2D eigenvalue weighted by Crippen LogP contribution is -2.52. The lowest BCUT2D eigenvalue weighted by atomic mass is 9.87. The maximum atomic E-state index is 12.6. The van der Waals surface area contributed by atoms with E-state index in [0.717, 1.165) is 29.8 Å². The quantitative estimate of drug-likeness (QED) is 0.529. The molecule has 5 heteroatoms. The van der Waals surface area contributed by atoms with E-state index in [1.54, 1.807) is 0 Å². The van der Waals surface area contributed by atoms with Crippen LogP contribution in [0.3, 0.4) is 0 Å². The topological polar surface area (TPSA) is 56.8 Å². The van der Waals surface area contributed by atoms with Crippen molar-refractivity contribution in [2.75, 3.05) is 19.0 Å². The first-order valence-electron chi connectivity index (χ1n) is 9.89. The van der Waals surface area contributed by atoms with Gasteiger partial charge in [0.2, 0.25) is 0 Å². The van der Waals surface area contributed by atoms with Crippen molar-refractivity contribution in [3.8, 4) is 5.75 Å². The van der Waals surface area contributed by atoms with Crippen LogP contribution in [0, 0.1) is 5.41 Å². The molecule has 2 atom stereocenters. The zero-order valence-electron chi connectivity index (χ0n) is 17.8. The first-order valence-corrected chi connectivity index (χ1v) is 9.89. The van der Waals surface area contributed by atoms with Crippen LogP contribution in [0.4, 0.5) is 5.69 Å². The van der Waals surface area contributed by atoms with Gasteiger partial charge in [0.15, 0.2) is 6.10 Å². The van der Waals surface area contributed by atoms with Crippen LogP contribution in [0.15, 0.2) is 18.2 Å². The molecule has 152 valence electrons. The minimum absolute atomic E-state index is 0.132. The summed E-state index contributed by atoms with van der Waals surface area (Å²) in [4.78, 5) is 12.6. The number of hydrogen-bond acceptors (Lipinski definition) is 5. The van der Waals surface area contributed by atoms with E-state index < -0.39 is 11.7 Å². The van der Waals surface area contributed by atoms with Crippen molar-refractivity contribution in [3.05, 3.63) is 23.8 Å². The number of rotatable bonds is 7. The molecular weight excluding hydrogens is 342 g/mol. The molecule has 0 saturated carbocycles. The number of nitrogens with one attached hydrogen (secondary N) is 1. The van der Waals surface area contributed by atoms with Crippen LogP contribution in [0.1, 0.15) is 72.5 Å². The highest BCUT2D eigenvalue weighted by molar-refractivity contribution is 5.70. The van der Waals surface area contributed by atoms with Gasteiger partial charge in [-0.15, -0.1) is 0 Å². The van der Waals surface area contributed by atoms with E-state index in [-0.39, 0.29) is 17.5 Å². The summed E-state index contributed by atoms with van der Waals surface area (Å²) in [5.74, 6) is 0.560. The van der Waals surface area contributed by atoms with Gasteiger partial charge in [0.1, 0.15) is 17.5 Å². The monoisotopic (exact) mass is 377 g/mol. The van der Waals surface area contributed by atoms with Gasteiger partial charge in [-0.3, -0.25) is 4.79 Å². The summed E-state index contributed by atoms with van der Waals surface area (Å²) in [6, 6.07) is 5.95. The van der Waals surface area contributed by atoms with Crippen molar-refractivity contribution in [2.24, 2.45) is 5.41 Å². The molecule has 27 heavy (non-hydrogen) atoms. The normalized spacial score (nSPS) is 21.1. The lowest BCUT2D eigenvalue weighted by molar-refractivity contribution is -0.186. The Morgan fingerprint density at radius 1 is 1.30 bits per heavy atom. The lowest BCUT2D eigenvalue weighted by Gasteiger charge is -2.44. The van der Waals surface area contributed by atoms with Crippen molar-refractivity contribution in [2.45, 2.75) is 78.6 Å². The summed E-state index contributed by atoms with van der Waals surface area (Å²) in [7, 11) is 1.88. The van der Waals surface area contributed by atoms with E-state index in [9.17, 15) is 4.79 Å². The molecule has 1 aromatic rings. The molecule has 0 radical (unpaired) electrons. The van der Waals surface area contributed by atoms with Crippen LogP contribution in [0.25, 0.3) is 0 Å². The predicted octanol–water partition coefficient (Wildman–Crippen LogP) is 5.11. The van der Waals surface area contributed by atoms with Crippen LogP contribution in [-0.4, -0.2) is 31.3 Å². The number of carbonyl (C=O) groups is 1. The SMILES string of the molecule is CCCCOC1c2cc(NC)ccc2OC(C)(C)C1OC(=O)CC(C)(C)C. The Hall–Kier alpha value is -1.75. The number of ether oxygens (including phenoxy) is 3. The number of esters is 1. The summed E-state index contributed by atoms with van der Waals surface area (Å²) < 4.78 is 18.4. The van der Waals surface area contributed by atoms with E-state index >= 15 is 0 Å².